The number of aliphatic hydroxyl groups is 1. The molecule has 2 rings (SSSR count). The van der Waals surface area contributed by atoms with E-state index in [2.05, 4.69) is 0 Å². The lowest BCUT2D eigenvalue weighted by Gasteiger charge is -2.16. The molecule has 21 heavy (non-hydrogen) atoms. The number of para-hydroxylation sites is 1. The summed E-state index contributed by atoms with van der Waals surface area (Å²) in [5.41, 5.74) is 7.63. The second-order valence-electron chi connectivity index (χ2n) is 4.76. The van der Waals surface area contributed by atoms with E-state index in [0.717, 1.165) is 16.9 Å². The quantitative estimate of drug-likeness (QED) is 0.586. The highest BCUT2D eigenvalue weighted by Gasteiger charge is 2.16. The minimum atomic E-state index is -1.18. The molecular formula is C16H17ClN2O2. The smallest absolute Gasteiger partial charge is 0.136 e. The van der Waals surface area contributed by atoms with Gasteiger partial charge in [0.05, 0.1) is 0 Å². The predicted octanol–water partition coefficient (Wildman–Crippen LogP) is 3.20. The van der Waals surface area contributed by atoms with Gasteiger partial charge in [-0.3, -0.25) is 5.41 Å². The van der Waals surface area contributed by atoms with E-state index in [0.29, 0.717) is 10.6 Å². The molecule has 1 atom stereocenters. The average Bonchev–Trinajstić information content (AvgIpc) is 2.46. The molecule has 0 fully saturated rings. The number of aryl methyl sites for hydroxylation is 1. The van der Waals surface area contributed by atoms with E-state index in [1.165, 1.54) is 0 Å². The number of halogens is 1. The minimum Gasteiger partial charge on any atom is -0.489 e. The van der Waals surface area contributed by atoms with E-state index >= 15 is 0 Å². The summed E-state index contributed by atoms with van der Waals surface area (Å²) in [6.07, 6.45) is -1.18. The maximum absolute atomic E-state index is 9.99. The summed E-state index contributed by atoms with van der Waals surface area (Å²) in [5.74, 6) is 0.449. The van der Waals surface area contributed by atoms with Gasteiger partial charge in [-0.15, -0.1) is 0 Å². The van der Waals surface area contributed by atoms with Gasteiger partial charge in [-0.2, -0.15) is 0 Å². The number of nitrogens with one attached hydrogen (secondary N) is 1. The molecule has 0 aromatic heterocycles. The van der Waals surface area contributed by atoms with Crippen molar-refractivity contribution in [3.8, 4) is 5.75 Å². The molecule has 0 aliphatic rings. The molecule has 0 bridgehead atoms. The molecule has 0 aliphatic heterocycles. The fourth-order valence-corrected chi connectivity index (χ4v) is 2.17. The maximum Gasteiger partial charge on any atom is 0.136 e. The lowest BCUT2D eigenvalue weighted by Crippen LogP contribution is -2.21. The van der Waals surface area contributed by atoms with E-state index in [-0.39, 0.29) is 12.4 Å². The Kier molecular flexibility index (Phi) is 4.83. The molecule has 0 saturated heterocycles. The van der Waals surface area contributed by atoms with E-state index in [9.17, 15) is 5.11 Å². The molecule has 2 aromatic carbocycles. The first kappa shape index (κ1) is 15.4. The van der Waals surface area contributed by atoms with Crippen molar-refractivity contribution in [2.45, 2.75) is 19.6 Å². The summed E-state index contributed by atoms with van der Waals surface area (Å²) >= 11 is 5.94. The summed E-state index contributed by atoms with van der Waals surface area (Å²) in [6.45, 7) is 2.23. The van der Waals surface area contributed by atoms with Crippen molar-refractivity contribution in [3.63, 3.8) is 0 Å². The van der Waals surface area contributed by atoms with Gasteiger partial charge in [0.1, 0.15) is 24.3 Å². The highest BCUT2D eigenvalue weighted by molar-refractivity contribution is 6.30. The number of hydrogen-bond donors (Lipinski definition) is 3. The number of amidine groups is 1. The third-order valence-electron chi connectivity index (χ3n) is 3.17. The zero-order chi connectivity index (χ0) is 15.4. The van der Waals surface area contributed by atoms with Crippen LogP contribution in [-0.2, 0) is 6.61 Å². The van der Waals surface area contributed by atoms with Crippen LogP contribution in [0.15, 0.2) is 42.5 Å². The first-order valence-corrected chi connectivity index (χ1v) is 6.85. The molecule has 110 valence electrons. The van der Waals surface area contributed by atoms with Crippen molar-refractivity contribution < 1.29 is 9.84 Å². The molecule has 0 aliphatic carbocycles. The number of hydrogen-bond acceptors (Lipinski definition) is 3. The molecule has 0 radical (unpaired) electrons. The lowest BCUT2D eigenvalue weighted by molar-refractivity contribution is 0.238. The molecule has 4 N–H and O–H groups in total. The Balaban J connectivity index is 2.24. The Morgan fingerprint density at radius 1 is 1.33 bits per heavy atom. The second kappa shape index (κ2) is 6.61. The molecule has 0 saturated carbocycles. The van der Waals surface area contributed by atoms with E-state index in [1.54, 1.807) is 18.2 Å². The number of aliphatic hydroxyl groups excluding tert-OH is 1. The molecule has 4 nitrogen and oxygen atoms in total. The van der Waals surface area contributed by atoms with Gasteiger partial charge in [0.25, 0.3) is 0 Å². The second-order valence-corrected chi connectivity index (χ2v) is 5.19. The number of rotatable bonds is 5. The van der Waals surface area contributed by atoms with Crippen molar-refractivity contribution >= 4 is 17.4 Å². The first-order chi connectivity index (χ1) is 9.99. The van der Waals surface area contributed by atoms with E-state index < -0.39 is 6.10 Å². The van der Waals surface area contributed by atoms with Crippen molar-refractivity contribution in [1.82, 2.24) is 0 Å². The summed E-state index contributed by atoms with van der Waals surface area (Å²) < 4.78 is 5.77. The normalized spacial score (nSPS) is 12.0. The molecule has 0 spiro atoms. The highest BCUT2D eigenvalue weighted by atomic mass is 35.5. The topological polar surface area (TPSA) is 79.3 Å². The fraction of sp³-hybridized carbons (Fsp3) is 0.188. The molecule has 2 aromatic rings. The predicted molar refractivity (Wildman–Crippen MR) is 83.8 cm³/mol. The van der Waals surface area contributed by atoms with Crippen LogP contribution < -0.4 is 10.5 Å². The van der Waals surface area contributed by atoms with Crippen molar-refractivity contribution in [2.24, 2.45) is 5.73 Å². The van der Waals surface area contributed by atoms with Crippen LogP contribution >= 0.6 is 11.6 Å². The summed E-state index contributed by atoms with van der Waals surface area (Å²) in [4.78, 5) is 0. The van der Waals surface area contributed by atoms with Crippen LogP contribution in [0, 0.1) is 12.3 Å². The average molecular weight is 305 g/mol. The van der Waals surface area contributed by atoms with Gasteiger partial charge in [-0.1, -0.05) is 35.9 Å². The van der Waals surface area contributed by atoms with Crippen molar-refractivity contribution in [1.29, 1.82) is 5.41 Å². The van der Waals surface area contributed by atoms with Crippen molar-refractivity contribution in [2.75, 3.05) is 0 Å². The minimum absolute atomic E-state index is 0.266. The standard InChI is InChI=1S/C16H17ClN2O2/c1-10-4-2-3-5-14(10)21-9-11-6-7-12(17)8-13(11)15(20)16(18)19/h2-8,15,20H,9H2,1H3,(H3,18,19). The lowest BCUT2D eigenvalue weighted by atomic mass is 10.0. The van der Waals surface area contributed by atoms with Gasteiger partial charge in [0.15, 0.2) is 0 Å². The van der Waals surface area contributed by atoms with E-state index in [1.807, 2.05) is 31.2 Å². The van der Waals surface area contributed by atoms with Crippen molar-refractivity contribution in [3.05, 3.63) is 64.2 Å². The van der Waals surface area contributed by atoms with Crippen LogP contribution in [0.1, 0.15) is 22.8 Å². The van der Waals surface area contributed by atoms with Crippen LogP contribution in [0.5, 0.6) is 5.75 Å². The van der Waals surface area contributed by atoms with Gasteiger partial charge in [0, 0.05) is 5.02 Å². The number of ether oxygens (including phenoxy) is 1. The third kappa shape index (κ3) is 3.74. The van der Waals surface area contributed by atoms with Gasteiger partial charge >= 0.3 is 0 Å². The monoisotopic (exact) mass is 304 g/mol. The molecule has 5 heteroatoms. The zero-order valence-electron chi connectivity index (χ0n) is 11.6. The Morgan fingerprint density at radius 3 is 2.71 bits per heavy atom. The maximum atomic E-state index is 9.99. The molecule has 1 unspecified atom stereocenters. The Hall–Kier alpha value is -2.04. The summed E-state index contributed by atoms with van der Waals surface area (Å²) in [6, 6.07) is 12.8. The fourth-order valence-electron chi connectivity index (χ4n) is 1.99. The molecule has 0 amide bonds. The molecular weight excluding hydrogens is 288 g/mol. The van der Waals surface area contributed by atoms with E-state index in [4.69, 9.17) is 27.5 Å². The van der Waals surface area contributed by atoms with Gasteiger partial charge in [-0.05, 0) is 41.8 Å². The van der Waals surface area contributed by atoms with Crippen LogP contribution in [0.3, 0.4) is 0 Å². The SMILES string of the molecule is Cc1ccccc1OCc1ccc(Cl)cc1C(O)C(=N)N. The summed E-state index contributed by atoms with van der Waals surface area (Å²) in [5, 5.41) is 17.8. The van der Waals surface area contributed by atoms with Gasteiger partial charge in [0.2, 0.25) is 0 Å². The Labute approximate surface area is 128 Å². The van der Waals surface area contributed by atoms with Crippen LogP contribution in [0.2, 0.25) is 5.02 Å². The van der Waals surface area contributed by atoms with Crippen LogP contribution in [-0.4, -0.2) is 10.9 Å². The molecule has 0 heterocycles. The van der Waals surface area contributed by atoms with Gasteiger partial charge < -0.3 is 15.6 Å². The van der Waals surface area contributed by atoms with Gasteiger partial charge in [-0.25, -0.2) is 0 Å². The Morgan fingerprint density at radius 2 is 2.05 bits per heavy atom. The van der Waals surface area contributed by atoms with Crippen LogP contribution in [0.4, 0.5) is 0 Å². The number of nitrogens with two attached hydrogens (primary N) is 1. The third-order valence-corrected chi connectivity index (χ3v) is 3.41. The summed E-state index contributed by atoms with van der Waals surface area (Å²) in [7, 11) is 0. The highest BCUT2D eigenvalue weighted by Crippen LogP contribution is 2.25. The van der Waals surface area contributed by atoms with Crippen LogP contribution in [0.25, 0.3) is 0 Å². The largest absolute Gasteiger partial charge is 0.489 e. The first-order valence-electron chi connectivity index (χ1n) is 6.47. The zero-order valence-corrected chi connectivity index (χ0v) is 12.4. The Bertz CT molecular complexity index is 658. The number of benzene rings is 2.